The van der Waals surface area contributed by atoms with E-state index < -0.39 is 5.54 Å². The molecule has 3 N–H and O–H groups in total. The van der Waals surface area contributed by atoms with Crippen LogP contribution in [0.25, 0.3) is 0 Å². The highest BCUT2D eigenvalue weighted by Crippen LogP contribution is 2.24. The first-order valence-corrected chi connectivity index (χ1v) is 6.23. The van der Waals surface area contributed by atoms with E-state index in [9.17, 15) is 4.79 Å². The Morgan fingerprint density at radius 2 is 1.94 bits per heavy atom. The maximum Gasteiger partial charge on any atom is 0.221 e. The van der Waals surface area contributed by atoms with Crippen LogP contribution in [-0.2, 0) is 10.2 Å². The molecule has 0 saturated carbocycles. The standard InChI is InChI=1S/C14H24N2O2/c1-10-6-7-11(18-10)13(2,3)9-16-12(17)8-14(4,5)15/h6-7H,8-9,15H2,1-5H3,(H,16,17). The Morgan fingerprint density at radius 1 is 1.33 bits per heavy atom. The van der Waals surface area contributed by atoms with Crippen molar-refractivity contribution in [2.24, 2.45) is 5.73 Å². The summed E-state index contributed by atoms with van der Waals surface area (Å²) in [6, 6.07) is 3.89. The van der Waals surface area contributed by atoms with Crippen molar-refractivity contribution in [2.75, 3.05) is 6.54 Å². The topological polar surface area (TPSA) is 68.3 Å². The van der Waals surface area contributed by atoms with Crippen LogP contribution in [0.15, 0.2) is 16.5 Å². The SMILES string of the molecule is Cc1ccc(C(C)(C)CNC(=O)CC(C)(C)N)o1. The summed E-state index contributed by atoms with van der Waals surface area (Å²) in [6.45, 7) is 10.2. The number of hydrogen-bond acceptors (Lipinski definition) is 3. The molecule has 1 amide bonds. The van der Waals surface area contributed by atoms with Gasteiger partial charge in [-0.3, -0.25) is 4.79 Å². The molecule has 0 atom stereocenters. The smallest absolute Gasteiger partial charge is 0.221 e. The number of furan rings is 1. The van der Waals surface area contributed by atoms with E-state index >= 15 is 0 Å². The summed E-state index contributed by atoms with van der Waals surface area (Å²) < 4.78 is 5.61. The Hall–Kier alpha value is -1.29. The molecule has 0 spiro atoms. The normalized spacial score (nSPS) is 12.6. The van der Waals surface area contributed by atoms with Crippen molar-refractivity contribution in [1.82, 2.24) is 5.32 Å². The van der Waals surface area contributed by atoms with Crippen molar-refractivity contribution in [1.29, 1.82) is 0 Å². The van der Waals surface area contributed by atoms with Crippen LogP contribution in [0.1, 0.15) is 45.6 Å². The molecule has 0 unspecified atom stereocenters. The molecule has 0 saturated heterocycles. The van der Waals surface area contributed by atoms with Gasteiger partial charge in [-0.15, -0.1) is 0 Å². The molecule has 0 aliphatic heterocycles. The summed E-state index contributed by atoms with van der Waals surface area (Å²) in [5.41, 5.74) is 5.11. The first-order chi connectivity index (χ1) is 8.10. The fraction of sp³-hybridized carbons (Fsp3) is 0.643. The molecule has 1 heterocycles. The number of nitrogens with two attached hydrogens (primary N) is 1. The zero-order valence-corrected chi connectivity index (χ0v) is 12.0. The Balaban J connectivity index is 2.55. The number of aryl methyl sites for hydroxylation is 1. The van der Waals surface area contributed by atoms with Gasteiger partial charge in [0.25, 0.3) is 0 Å². The van der Waals surface area contributed by atoms with E-state index in [2.05, 4.69) is 5.32 Å². The highest BCUT2D eigenvalue weighted by atomic mass is 16.3. The van der Waals surface area contributed by atoms with Crippen LogP contribution in [0.5, 0.6) is 0 Å². The Kier molecular flexibility index (Phi) is 4.22. The summed E-state index contributed by atoms with van der Waals surface area (Å²) in [7, 11) is 0. The van der Waals surface area contributed by atoms with Crippen LogP contribution in [0.4, 0.5) is 0 Å². The van der Waals surface area contributed by atoms with E-state index in [-0.39, 0.29) is 11.3 Å². The van der Waals surface area contributed by atoms with Crippen LogP contribution in [0.3, 0.4) is 0 Å². The number of nitrogens with one attached hydrogen (secondary N) is 1. The number of amides is 1. The largest absolute Gasteiger partial charge is 0.466 e. The second-order valence-electron chi connectivity index (χ2n) is 6.24. The molecule has 0 bridgehead atoms. The molecule has 0 aliphatic carbocycles. The maximum atomic E-state index is 11.7. The zero-order valence-electron chi connectivity index (χ0n) is 12.0. The van der Waals surface area contributed by atoms with Gasteiger partial charge in [-0.25, -0.2) is 0 Å². The van der Waals surface area contributed by atoms with E-state index in [0.717, 1.165) is 11.5 Å². The summed E-state index contributed by atoms with van der Waals surface area (Å²) in [5, 5.41) is 2.91. The van der Waals surface area contributed by atoms with E-state index in [0.29, 0.717) is 13.0 Å². The molecule has 0 radical (unpaired) electrons. The van der Waals surface area contributed by atoms with E-state index in [4.69, 9.17) is 10.2 Å². The van der Waals surface area contributed by atoms with Gasteiger partial charge in [0.1, 0.15) is 11.5 Å². The zero-order chi connectivity index (χ0) is 14.0. The Morgan fingerprint density at radius 3 is 2.39 bits per heavy atom. The van der Waals surface area contributed by atoms with Gasteiger partial charge >= 0.3 is 0 Å². The highest BCUT2D eigenvalue weighted by molar-refractivity contribution is 5.77. The maximum absolute atomic E-state index is 11.7. The fourth-order valence-corrected chi connectivity index (χ4v) is 1.68. The van der Waals surface area contributed by atoms with Gasteiger partial charge in [-0.2, -0.15) is 0 Å². The summed E-state index contributed by atoms with van der Waals surface area (Å²) in [6.07, 6.45) is 0.320. The lowest BCUT2D eigenvalue weighted by molar-refractivity contribution is -0.122. The lowest BCUT2D eigenvalue weighted by atomic mass is 9.90. The molecule has 0 fully saturated rings. The van der Waals surface area contributed by atoms with E-state index in [1.165, 1.54) is 0 Å². The number of carbonyl (C=O) groups excluding carboxylic acids is 1. The minimum atomic E-state index is -0.477. The minimum absolute atomic E-state index is 0.0288. The van der Waals surface area contributed by atoms with Gasteiger partial charge in [-0.1, -0.05) is 13.8 Å². The van der Waals surface area contributed by atoms with Gasteiger partial charge in [0.2, 0.25) is 5.91 Å². The summed E-state index contributed by atoms with van der Waals surface area (Å²) in [5.74, 6) is 1.73. The fourth-order valence-electron chi connectivity index (χ4n) is 1.68. The molecule has 1 aromatic rings. The molecule has 1 aromatic heterocycles. The van der Waals surface area contributed by atoms with Crippen molar-refractivity contribution in [3.8, 4) is 0 Å². The van der Waals surface area contributed by atoms with E-state index in [1.54, 1.807) is 0 Å². The third-order valence-electron chi connectivity index (χ3n) is 2.75. The van der Waals surface area contributed by atoms with Crippen molar-refractivity contribution in [2.45, 2.75) is 52.0 Å². The Labute approximate surface area is 109 Å². The van der Waals surface area contributed by atoms with Gasteiger partial charge in [0, 0.05) is 23.9 Å². The van der Waals surface area contributed by atoms with Crippen molar-refractivity contribution < 1.29 is 9.21 Å². The lowest BCUT2D eigenvalue weighted by Crippen LogP contribution is -2.42. The molecule has 18 heavy (non-hydrogen) atoms. The van der Waals surface area contributed by atoms with Crippen LogP contribution in [0.2, 0.25) is 0 Å². The predicted octanol–water partition coefficient (Wildman–Crippen LogP) is 2.11. The van der Waals surface area contributed by atoms with Gasteiger partial charge in [-0.05, 0) is 32.9 Å². The minimum Gasteiger partial charge on any atom is -0.466 e. The van der Waals surface area contributed by atoms with Crippen LogP contribution in [-0.4, -0.2) is 18.0 Å². The van der Waals surface area contributed by atoms with E-state index in [1.807, 2.05) is 46.8 Å². The molecule has 1 rings (SSSR count). The highest BCUT2D eigenvalue weighted by Gasteiger charge is 2.25. The molecule has 4 nitrogen and oxygen atoms in total. The molecule has 0 aromatic carbocycles. The first kappa shape index (κ1) is 14.8. The second kappa shape index (κ2) is 5.14. The average molecular weight is 252 g/mol. The summed E-state index contributed by atoms with van der Waals surface area (Å²) >= 11 is 0. The van der Waals surface area contributed by atoms with Crippen LogP contribution in [0, 0.1) is 6.92 Å². The Bertz CT molecular complexity index is 414. The molecule has 4 heteroatoms. The third-order valence-corrected chi connectivity index (χ3v) is 2.75. The lowest BCUT2D eigenvalue weighted by Gasteiger charge is -2.24. The first-order valence-electron chi connectivity index (χ1n) is 6.23. The van der Waals surface area contributed by atoms with Crippen molar-refractivity contribution in [3.63, 3.8) is 0 Å². The van der Waals surface area contributed by atoms with Gasteiger partial charge < -0.3 is 15.5 Å². The third kappa shape index (κ3) is 4.53. The monoisotopic (exact) mass is 252 g/mol. The van der Waals surface area contributed by atoms with Crippen molar-refractivity contribution in [3.05, 3.63) is 23.7 Å². The molecular formula is C14H24N2O2. The summed E-state index contributed by atoms with van der Waals surface area (Å²) in [4.78, 5) is 11.7. The molecule has 102 valence electrons. The molecule has 0 aliphatic rings. The second-order valence-corrected chi connectivity index (χ2v) is 6.24. The quantitative estimate of drug-likeness (QED) is 0.843. The van der Waals surface area contributed by atoms with Crippen molar-refractivity contribution >= 4 is 5.91 Å². The van der Waals surface area contributed by atoms with Crippen LogP contribution < -0.4 is 11.1 Å². The number of carbonyl (C=O) groups is 1. The predicted molar refractivity (Wildman–Crippen MR) is 72.4 cm³/mol. The number of rotatable bonds is 5. The van der Waals surface area contributed by atoms with Gasteiger partial charge in [0.05, 0.1) is 0 Å². The molecular weight excluding hydrogens is 228 g/mol. The average Bonchev–Trinajstić information content (AvgIpc) is 2.60. The number of hydrogen-bond donors (Lipinski definition) is 2. The van der Waals surface area contributed by atoms with Gasteiger partial charge in [0.15, 0.2) is 0 Å². The van der Waals surface area contributed by atoms with Crippen LogP contribution >= 0.6 is 0 Å².